The summed E-state index contributed by atoms with van der Waals surface area (Å²) in [4.78, 5) is 0. The van der Waals surface area contributed by atoms with Gasteiger partial charge in [-0.25, -0.2) is 0 Å². The van der Waals surface area contributed by atoms with Crippen molar-refractivity contribution < 1.29 is 254 Å². The van der Waals surface area contributed by atoms with Gasteiger partial charge in [-0.1, -0.05) is 58.3 Å². The van der Waals surface area contributed by atoms with Gasteiger partial charge in [-0.15, -0.1) is 0 Å². The van der Waals surface area contributed by atoms with Crippen LogP contribution in [0.5, 0.6) is 0 Å². The van der Waals surface area contributed by atoms with Crippen molar-refractivity contribution in [3.63, 3.8) is 0 Å². The third-order valence-electron chi connectivity index (χ3n) is 2.60. The summed E-state index contributed by atoms with van der Waals surface area (Å²) < 4.78 is 276. The van der Waals surface area contributed by atoms with Gasteiger partial charge < -0.3 is 5.73 Å². The third-order valence-corrected chi connectivity index (χ3v) is 2.60. The van der Waals surface area contributed by atoms with Gasteiger partial charge >= 0.3 is 248 Å². The van der Waals surface area contributed by atoms with E-state index >= 15 is 0 Å². The van der Waals surface area contributed by atoms with Gasteiger partial charge in [0.2, 0.25) is 0 Å². The molecular weight excluding hydrogens is 1440 g/mol. The first-order valence-corrected chi connectivity index (χ1v) is 37.8. The maximum atomic E-state index is 8.63. The summed E-state index contributed by atoms with van der Waals surface area (Å²) in [6.45, 7) is 3.40. The fourth-order valence-electron chi connectivity index (χ4n) is 1.66. The van der Waals surface area contributed by atoms with E-state index in [2.05, 4.69) is 12.7 Å². The fourth-order valence-corrected chi connectivity index (χ4v) is 1.66. The average molecular weight is 1470 g/mol. The van der Waals surface area contributed by atoms with Crippen molar-refractivity contribution in [1.29, 1.82) is 0 Å². The van der Waals surface area contributed by atoms with Gasteiger partial charge in [0.15, 0.2) is 0 Å². The molecule has 336 valence electrons. The maximum absolute atomic E-state index is 8.63. The number of quaternary nitrogens is 1. The number of unbranched alkanes of at least 4 members (excludes halogenated alkanes) is 9. The molecule has 0 aliphatic heterocycles. The summed E-state index contributed by atoms with van der Waals surface area (Å²) in [7, 11) is 0. The first-order valence-electron chi connectivity index (χ1n) is 11.5. The second-order valence-corrected chi connectivity index (χ2v) is 23.4. The Bertz CT molecular complexity index is 1280. The third kappa shape index (κ3) is 1060. The van der Waals surface area contributed by atoms with Crippen LogP contribution in [-0.2, 0) is 188 Å². The number of rotatable bonds is 10. The summed E-state index contributed by atoms with van der Waals surface area (Å²) in [6.07, 6.45) is 14.2. The van der Waals surface area contributed by atoms with Crippen molar-refractivity contribution in [3.05, 3.63) is 0 Å². The van der Waals surface area contributed by atoms with Crippen molar-refractivity contribution in [2.45, 2.75) is 71.1 Å². The monoisotopic (exact) mass is 1480 g/mol. The van der Waals surface area contributed by atoms with E-state index < -0.39 is 134 Å². The van der Waals surface area contributed by atoms with E-state index in [-0.39, 0.29) is 0 Å². The van der Waals surface area contributed by atoms with Gasteiger partial charge in [0.05, 0.1) is 6.54 Å². The van der Waals surface area contributed by atoms with Gasteiger partial charge in [-0.05, 0) is 12.8 Å². The molecule has 0 aromatic rings. The quantitative estimate of drug-likeness (QED) is 0.157. The zero-order valence-electron chi connectivity index (χ0n) is 25.8. The minimum absolute atomic E-state index is 1.12. The van der Waals surface area contributed by atoms with Crippen molar-refractivity contribution in [2.75, 3.05) is 6.54 Å². The van der Waals surface area contributed by atoms with Gasteiger partial charge in [0.1, 0.15) is 0 Å². The van der Waals surface area contributed by atoms with Crippen LogP contribution in [0.25, 0.3) is 0 Å². The first kappa shape index (κ1) is 75.5. The molecule has 0 bridgehead atoms. The molecule has 0 atom stereocenters. The van der Waals surface area contributed by atoms with Crippen LogP contribution in [0.15, 0.2) is 0 Å². The van der Waals surface area contributed by atoms with Gasteiger partial charge in [0, 0.05) is 0 Å². The van der Waals surface area contributed by atoms with Crippen LogP contribution < -0.4 is 65.9 Å². The molecule has 41 heteroatoms. The molecule has 0 unspecified atom stereocenters. The normalized spacial score (nSPS) is 11.4. The van der Waals surface area contributed by atoms with E-state index in [1.165, 1.54) is 64.2 Å². The molecule has 0 aromatic heterocycles. The molecule has 0 saturated heterocycles. The molecule has 0 radical (unpaired) electrons. The Balaban J connectivity index is -0.0000000608. The van der Waals surface area contributed by atoms with Crippen LogP contribution in [-0.4, -0.2) is 6.54 Å². The van der Waals surface area contributed by atoms with Crippen molar-refractivity contribution in [2.24, 2.45) is 0 Å². The van der Waals surface area contributed by atoms with E-state index in [9.17, 15) is 0 Å². The Labute approximate surface area is 327 Å². The van der Waals surface area contributed by atoms with Crippen LogP contribution >= 0.6 is 0 Å². The van der Waals surface area contributed by atoms with Crippen LogP contribution in [0.2, 0.25) is 0 Å². The fraction of sp³-hybridized carbons (Fsp3) is 1.00. The predicted octanol–water partition coefficient (Wildman–Crippen LogP) is -17.8. The molecule has 33 nitrogen and oxygen atoms in total. The summed E-state index contributed by atoms with van der Waals surface area (Å²) >= 11 is -48.2. The Morgan fingerprint density at radius 3 is 0.453 bits per heavy atom. The molecule has 0 aliphatic rings. The molecule has 53 heavy (non-hydrogen) atoms. The zero-order valence-corrected chi connectivity index (χ0v) is 41.9. The Morgan fingerprint density at radius 2 is 0.358 bits per heavy atom. The molecule has 0 saturated carbocycles. The predicted molar refractivity (Wildman–Crippen MR) is 70.6 cm³/mol. The van der Waals surface area contributed by atoms with E-state index in [0.717, 1.165) is 6.54 Å². The van der Waals surface area contributed by atoms with E-state index in [4.69, 9.17) is 115 Å². The topological polar surface area (TPSA) is 670 Å². The molecule has 3 N–H and O–H groups in total. The standard InChI is InChI=1S/C12H27N.8Mo.32O/c1-2-3-4-5-6-7-8-9-10-11-12-13;;;;;;;;;;;;;;;;;;;;;;;;;;;;;;;;;;;;;;;;/h2-13H2,1H3;;;;;;;;;;;;;;;;;;;;;;;;;;;;;;;;;;;;;;;;/q;;;;;;;;;;;;;;;;;;;;;;;;;16*-1/p+1. The van der Waals surface area contributed by atoms with Gasteiger partial charge in [-0.2, -0.15) is 0 Å². The zero-order chi connectivity index (χ0) is 45.8. The average Bonchev–Trinajstić information content (AvgIpc) is 2.68. The second-order valence-electron chi connectivity index (χ2n) is 7.30. The summed E-state index contributed by atoms with van der Waals surface area (Å²) in [5.74, 6) is 0. The van der Waals surface area contributed by atoms with Crippen LogP contribution in [0, 0.1) is 0 Å². The molecule has 0 aromatic carbocycles. The minimum atomic E-state index is -6.02. The van der Waals surface area contributed by atoms with E-state index in [1.54, 1.807) is 0 Å². The molecule has 0 spiro atoms. The van der Waals surface area contributed by atoms with Gasteiger partial charge in [0.25, 0.3) is 0 Å². The van der Waals surface area contributed by atoms with Crippen molar-refractivity contribution >= 4 is 0 Å². The summed E-state index contributed by atoms with van der Waals surface area (Å²) in [6, 6.07) is 0. The molecule has 0 amide bonds. The molecule has 0 rings (SSSR count). The molecule has 0 fully saturated rings. The second kappa shape index (κ2) is 40.4. The van der Waals surface area contributed by atoms with Crippen LogP contribution in [0.4, 0.5) is 0 Å². The molecule has 0 heterocycles. The SMILES string of the molecule is CCCCCCCCCCCC[NH3+].[O]=[Mo](=[O])([O-])[O-].[O]=[Mo](=[O])([O-])[O-].[O]=[Mo](=[O])([O-])[O-].[O]=[Mo](=[O])([O-])[O-].[O]=[Mo](=[O])([O-])[O-].[O]=[Mo](=[O])([O-])[O-].[O]=[Mo](=[O])([O-])[O-].[O]=[Mo](=[O])([O-])[O-]. The summed E-state index contributed by atoms with van der Waals surface area (Å²) in [5.41, 5.74) is 3.85. The Morgan fingerprint density at radius 1 is 0.264 bits per heavy atom. The molecular formula is C12H28Mo8NO32-15. The van der Waals surface area contributed by atoms with E-state index in [1.807, 2.05) is 0 Å². The Kier molecular flexibility index (Phi) is 57.5. The van der Waals surface area contributed by atoms with E-state index in [0.29, 0.717) is 0 Å². The Hall–Kier alpha value is 1.63. The van der Waals surface area contributed by atoms with Crippen LogP contribution in [0.1, 0.15) is 71.1 Å². The first-order chi connectivity index (χ1) is 22.4. The van der Waals surface area contributed by atoms with Crippen LogP contribution in [0.3, 0.4) is 0 Å². The van der Waals surface area contributed by atoms with Gasteiger partial charge in [-0.3, -0.25) is 0 Å². The van der Waals surface area contributed by atoms with Crippen molar-refractivity contribution in [3.8, 4) is 0 Å². The molecule has 0 aliphatic carbocycles. The number of hydrogen-bond acceptors (Lipinski definition) is 32. The summed E-state index contributed by atoms with van der Waals surface area (Å²) in [5, 5.41) is 0. The number of hydrogen-bond donors (Lipinski definition) is 1. The van der Waals surface area contributed by atoms with Crippen molar-refractivity contribution in [1.82, 2.24) is 0 Å².